The topological polar surface area (TPSA) is 58.0 Å². The maximum absolute atomic E-state index is 9.94. The molecule has 1 unspecified atom stereocenters. The van der Waals surface area contributed by atoms with Crippen molar-refractivity contribution in [2.24, 2.45) is 0 Å². The molecule has 0 fully saturated rings. The molecule has 96 valence electrons. The van der Waals surface area contributed by atoms with Crippen molar-refractivity contribution in [3.05, 3.63) is 40.5 Å². The van der Waals surface area contributed by atoms with Gasteiger partial charge in [0.25, 0.3) is 0 Å². The fourth-order valence-electron chi connectivity index (χ4n) is 1.67. The third-order valence-corrected chi connectivity index (χ3v) is 3.34. The van der Waals surface area contributed by atoms with E-state index >= 15 is 0 Å². The van der Waals surface area contributed by atoms with Gasteiger partial charge in [0.1, 0.15) is 12.1 Å². The maximum atomic E-state index is 9.94. The lowest BCUT2D eigenvalue weighted by molar-refractivity contribution is 0.192. The number of aliphatic hydroxyl groups is 1. The van der Waals surface area contributed by atoms with Crippen LogP contribution in [0.1, 0.15) is 30.7 Å². The number of nitrogens with zero attached hydrogens (tertiary/aromatic N) is 2. The third-order valence-electron chi connectivity index (χ3n) is 2.63. The lowest BCUT2D eigenvalue weighted by Crippen LogP contribution is -2.12. The van der Waals surface area contributed by atoms with Crippen molar-refractivity contribution in [3.63, 3.8) is 0 Å². The van der Waals surface area contributed by atoms with Gasteiger partial charge in [-0.1, -0.05) is 13.3 Å². The number of thiophene rings is 1. The van der Waals surface area contributed by atoms with Crippen molar-refractivity contribution in [1.82, 2.24) is 9.97 Å². The average molecular weight is 263 g/mol. The molecule has 0 aliphatic heterocycles. The second-order valence-electron chi connectivity index (χ2n) is 4.10. The molecule has 2 heterocycles. The van der Waals surface area contributed by atoms with E-state index < -0.39 is 6.10 Å². The second-order valence-corrected chi connectivity index (χ2v) is 4.88. The highest BCUT2D eigenvalue weighted by Gasteiger charge is 2.07. The Kier molecular flexibility index (Phi) is 4.66. The van der Waals surface area contributed by atoms with E-state index in [0.717, 1.165) is 29.9 Å². The molecule has 5 heteroatoms. The van der Waals surface area contributed by atoms with Gasteiger partial charge in [-0.2, -0.15) is 11.3 Å². The molecule has 2 aromatic heterocycles. The summed E-state index contributed by atoms with van der Waals surface area (Å²) in [5.41, 5.74) is 1.97. The molecule has 0 spiro atoms. The van der Waals surface area contributed by atoms with E-state index in [2.05, 4.69) is 22.2 Å². The SMILES string of the molecule is CCCc1cc(NCC(O)c2ccsc2)ncn1. The van der Waals surface area contributed by atoms with E-state index in [9.17, 15) is 5.11 Å². The predicted octanol–water partition coefficient (Wildman–Crippen LogP) is 2.64. The Hall–Kier alpha value is -1.46. The molecule has 2 rings (SSSR count). The molecule has 4 nitrogen and oxygen atoms in total. The van der Waals surface area contributed by atoms with Gasteiger partial charge in [0, 0.05) is 18.3 Å². The average Bonchev–Trinajstić information content (AvgIpc) is 2.91. The molecule has 0 aromatic carbocycles. The molecule has 0 aliphatic carbocycles. The summed E-state index contributed by atoms with van der Waals surface area (Å²) >= 11 is 1.59. The van der Waals surface area contributed by atoms with Crippen LogP contribution in [-0.2, 0) is 6.42 Å². The predicted molar refractivity (Wildman–Crippen MR) is 73.8 cm³/mol. The fraction of sp³-hybridized carbons (Fsp3) is 0.385. The molecule has 0 aliphatic rings. The van der Waals surface area contributed by atoms with Crippen molar-refractivity contribution >= 4 is 17.2 Å². The molecule has 2 N–H and O–H groups in total. The van der Waals surface area contributed by atoms with Crippen LogP contribution in [-0.4, -0.2) is 21.6 Å². The highest BCUT2D eigenvalue weighted by Crippen LogP contribution is 2.16. The molecule has 0 bridgehead atoms. The molecule has 0 saturated carbocycles. The third kappa shape index (κ3) is 3.51. The Bertz CT molecular complexity index is 473. The largest absolute Gasteiger partial charge is 0.387 e. The Morgan fingerprint density at radius 3 is 3.06 bits per heavy atom. The quantitative estimate of drug-likeness (QED) is 0.841. The van der Waals surface area contributed by atoms with Crippen molar-refractivity contribution in [1.29, 1.82) is 0 Å². The summed E-state index contributed by atoms with van der Waals surface area (Å²) < 4.78 is 0. The Labute approximate surface area is 111 Å². The van der Waals surface area contributed by atoms with Crippen LogP contribution in [0.15, 0.2) is 29.2 Å². The van der Waals surface area contributed by atoms with E-state index in [1.807, 2.05) is 22.9 Å². The normalized spacial score (nSPS) is 12.3. The Morgan fingerprint density at radius 1 is 1.44 bits per heavy atom. The smallest absolute Gasteiger partial charge is 0.129 e. The summed E-state index contributed by atoms with van der Waals surface area (Å²) in [4.78, 5) is 8.34. The zero-order chi connectivity index (χ0) is 12.8. The van der Waals surface area contributed by atoms with Crippen molar-refractivity contribution in [2.75, 3.05) is 11.9 Å². The van der Waals surface area contributed by atoms with E-state index in [-0.39, 0.29) is 0 Å². The molecule has 1 atom stereocenters. The summed E-state index contributed by atoms with van der Waals surface area (Å²) in [5.74, 6) is 0.766. The van der Waals surface area contributed by atoms with Gasteiger partial charge < -0.3 is 10.4 Å². The van der Waals surface area contributed by atoms with E-state index in [1.165, 1.54) is 0 Å². The highest BCUT2D eigenvalue weighted by atomic mass is 32.1. The minimum atomic E-state index is -0.499. The first-order chi connectivity index (χ1) is 8.79. The molecular weight excluding hydrogens is 246 g/mol. The number of rotatable bonds is 6. The Morgan fingerprint density at radius 2 is 2.33 bits per heavy atom. The van der Waals surface area contributed by atoms with Crippen LogP contribution in [0.3, 0.4) is 0 Å². The standard InChI is InChI=1S/C13H17N3OS/c1-2-3-11-6-13(16-9-15-11)14-7-12(17)10-4-5-18-8-10/h4-6,8-9,12,17H,2-3,7H2,1H3,(H,14,15,16). The van der Waals surface area contributed by atoms with Crippen LogP contribution in [0.5, 0.6) is 0 Å². The van der Waals surface area contributed by atoms with Crippen molar-refractivity contribution < 1.29 is 5.11 Å². The van der Waals surface area contributed by atoms with E-state index in [1.54, 1.807) is 17.7 Å². The molecule has 0 radical (unpaired) electrons. The monoisotopic (exact) mass is 263 g/mol. The van der Waals surface area contributed by atoms with Crippen LogP contribution < -0.4 is 5.32 Å². The Balaban J connectivity index is 1.91. The fourth-order valence-corrected chi connectivity index (χ4v) is 2.38. The van der Waals surface area contributed by atoms with Crippen molar-refractivity contribution in [2.45, 2.75) is 25.9 Å². The van der Waals surface area contributed by atoms with Gasteiger partial charge >= 0.3 is 0 Å². The first kappa shape index (κ1) is 13.0. The molecule has 0 saturated heterocycles. The number of hydrogen-bond donors (Lipinski definition) is 2. The van der Waals surface area contributed by atoms with Crippen LogP contribution >= 0.6 is 11.3 Å². The molecule has 18 heavy (non-hydrogen) atoms. The van der Waals surface area contributed by atoms with E-state index in [0.29, 0.717) is 6.54 Å². The van der Waals surface area contributed by atoms with Crippen LogP contribution in [0, 0.1) is 0 Å². The molecular formula is C13H17N3OS. The van der Waals surface area contributed by atoms with Crippen LogP contribution in [0.2, 0.25) is 0 Å². The number of aromatic nitrogens is 2. The minimum absolute atomic E-state index is 0.458. The van der Waals surface area contributed by atoms with Crippen LogP contribution in [0.4, 0.5) is 5.82 Å². The summed E-state index contributed by atoms with van der Waals surface area (Å²) in [5, 5.41) is 17.0. The lowest BCUT2D eigenvalue weighted by Gasteiger charge is -2.11. The molecule has 2 aromatic rings. The summed E-state index contributed by atoms with van der Waals surface area (Å²) in [6.07, 6.45) is 3.07. The highest BCUT2D eigenvalue weighted by molar-refractivity contribution is 7.07. The maximum Gasteiger partial charge on any atom is 0.129 e. The van der Waals surface area contributed by atoms with Crippen LogP contribution in [0.25, 0.3) is 0 Å². The van der Waals surface area contributed by atoms with E-state index in [4.69, 9.17) is 0 Å². The first-order valence-electron chi connectivity index (χ1n) is 6.04. The first-order valence-corrected chi connectivity index (χ1v) is 6.99. The lowest BCUT2D eigenvalue weighted by atomic mass is 10.2. The van der Waals surface area contributed by atoms with Crippen molar-refractivity contribution in [3.8, 4) is 0 Å². The van der Waals surface area contributed by atoms with Gasteiger partial charge in [-0.05, 0) is 28.8 Å². The summed E-state index contributed by atoms with van der Waals surface area (Å²) in [6, 6.07) is 3.86. The number of hydrogen-bond acceptors (Lipinski definition) is 5. The van der Waals surface area contributed by atoms with Gasteiger partial charge in [-0.15, -0.1) is 0 Å². The van der Waals surface area contributed by atoms with Gasteiger partial charge in [-0.25, -0.2) is 9.97 Å². The van der Waals surface area contributed by atoms with Gasteiger partial charge in [0.2, 0.25) is 0 Å². The minimum Gasteiger partial charge on any atom is -0.387 e. The zero-order valence-corrected chi connectivity index (χ0v) is 11.2. The number of aliphatic hydroxyl groups excluding tert-OH is 1. The summed E-state index contributed by atoms with van der Waals surface area (Å²) in [7, 11) is 0. The number of nitrogens with one attached hydrogen (secondary N) is 1. The molecule has 0 amide bonds. The summed E-state index contributed by atoms with van der Waals surface area (Å²) in [6.45, 7) is 2.58. The number of aryl methyl sites for hydroxylation is 1. The van der Waals surface area contributed by atoms with Gasteiger partial charge in [0.15, 0.2) is 0 Å². The number of anilines is 1. The van der Waals surface area contributed by atoms with Gasteiger partial charge in [0.05, 0.1) is 6.10 Å². The van der Waals surface area contributed by atoms with Gasteiger partial charge in [-0.3, -0.25) is 0 Å². The second kappa shape index (κ2) is 6.47. The zero-order valence-electron chi connectivity index (χ0n) is 10.3.